The molecule has 112 valence electrons. The molecule has 2 heteroatoms. The zero-order valence-corrected chi connectivity index (χ0v) is 12.7. The molecule has 0 atom stereocenters. The fourth-order valence-corrected chi connectivity index (χ4v) is 2.90. The third-order valence-electron chi connectivity index (χ3n) is 4.07. The third-order valence-corrected chi connectivity index (χ3v) is 4.07. The molecule has 1 fully saturated rings. The summed E-state index contributed by atoms with van der Waals surface area (Å²) < 4.78 is 0. The van der Waals surface area contributed by atoms with E-state index in [-0.39, 0.29) is 5.91 Å². The lowest BCUT2D eigenvalue weighted by atomic mass is 9.99. The third kappa shape index (κ3) is 3.64. The van der Waals surface area contributed by atoms with Crippen LogP contribution in [0.2, 0.25) is 0 Å². The first-order valence-corrected chi connectivity index (χ1v) is 7.91. The highest BCUT2D eigenvalue weighted by Crippen LogP contribution is 2.29. The Kier molecular flexibility index (Phi) is 4.69. The SMILES string of the molecule is C1=C(Cc2ccccc2)c2ccccc2C1.O=C1CCCN1. The maximum atomic E-state index is 10.1. The van der Waals surface area contributed by atoms with E-state index in [1.165, 1.54) is 22.3 Å². The fraction of sp³-hybridized carbons (Fsp3) is 0.250. The van der Waals surface area contributed by atoms with Gasteiger partial charge in [0.2, 0.25) is 5.91 Å². The summed E-state index contributed by atoms with van der Waals surface area (Å²) >= 11 is 0. The average Bonchev–Trinajstić information content (AvgIpc) is 3.19. The van der Waals surface area contributed by atoms with E-state index in [1.54, 1.807) is 0 Å². The second kappa shape index (κ2) is 7.08. The number of rotatable bonds is 2. The summed E-state index contributed by atoms with van der Waals surface area (Å²) in [5, 5.41) is 2.68. The lowest BCUT2D eigenvalue weighted by Gasteiger charge is -2.05. The van der Waals surface area contributed by atoms with Gasteiger partial charge in [-0.3, -0.25) is 4.79 Å². The predicted molar refractivity (Wildman–Crippen MR) is 90.5 cm³/mol. The minimum atomic E-state index is 0.204. The number of hydrogen-bond acceptors (Lipinski definition) is 1. The van der Waals surface area contributed by atoms with Gasteiger partial charge in [0.05, 0.1) is 0 Å². The second-order valence-electron chi connectivity index (χ2n) is 5.71. The van der Waals surface area contributed by atoms with Crippen LogP contribution in [0.3, 0.4) is 0 Å². The van der Waals surface area contributed by atoms with Crippen LogP contribution in [0, 0.1) is 0 Å². The van der Waals surface area contributed by atoms with E-state index in [2.05, 4.69) is 66.0 Å². The molecule has 1 amide bonds. The number of hydrogen-bond donors (Lipinski definition) is 1. The summed E-state index contributed by atoms with van der Waals surface area (Å²) in [6.45, 7) is 0.888. The molecule has 1 aliphatic carbocycles. The van der Waals surface area contributed by atoms with Gasteiger partial charge in [0.1, 0.15) is 0 Å². The second-order valence-corrected chi connectivity index (χ2v) is 5.71. The molecule has 2 aromatic carbocycles. The Labute approximate surface area is 131 Å². The molecule has 2 nitrogen and oxygen atoms in total. The van der Waals surface area contributed by atoms with Crippen molar-refractivity contribution in [3.8, 4) is 0 Å². The van der Waals surface area contributed by atoms with Gasteiger partial charge in [-0.1, -0.05) is 60.7 Å². The fourth-order valence-electron chi connectivity index (χ4n) is 2.90. The Morgan fingerprint density at radius 2 is 1.73 bits per heavy atom. The summed E-state index contributed by atoms with van der Waals surface area (Å²) in [6.07, 6.45) is 6.27. The largest absolute Gasteiger partial charge is 0.356 e. The zero-order valence-electron chi connectivity index (χ0n) is 12.7. The molecule has 2 aromatic rings. The minimum Gasteiger partial charge on any atom is -0.356 e. The van der Waals surface area contributed by atoms with Gasteiger partial charge in [0, 0.05) is 13.0 Å². The quantitative estimate of drug-likeness (QED) is 0.896. The van der Waals surface area contributed by atoms with E-state index >= 15 is 0 Å². The lowest BCUT2D eigenvalue weighted by Crippen LogP contribution is -2.12. The number of carbonyl (C=O) groups excluding carboxylic acids is 1. The van der Waals surface area contributed by atoms with Crippen LogP contribution in [0.4, 0.5) is 0 Å². The molecule has 1 heterocycles. The molecule has 1 saturated heterocycles. The van der Waals surface area contributed by atoms with Crippen LogP contribution in [0.15, 0.2) is 60.7 Å². The maximum absolute atomic E-state index is 10.1. The molecule has 0 saturated carbocycles. The van der Waals surface area contributed by atoms with Crippen molar-refractivity contribution in [2.24, 2.45) is 0 Å². The molecule has 0 spiro atoms. The van der Waals surface area contributed by atoms with E-state index in [0.29, 0.717) is 0 Å². The summed E-state index contributed by atoms with van der Waals surface area (Å²) in [5.41, 5.74) is 5.77. The first-order valence-electron chi connectivity index (χ1n) is 7.91. The number of amides is 1. The number of carbonyl (C=O) groups is 1. The van der Waals surface area contributed by atoms with Crippen LogP contribution in [-0.4, -0.2) is 12.5 Å². The summed E-state index contributed by atoms with van der Waals surface area (Å²) in [7, 11) is 0. The monoisotopic (exact) mass is 291 g/mol. The summed E-state index contributed by atoms with van der Waals surface area (Å²) in [4.78, 5) is 10.1. The van der Waals surface area contributed by atoms with Crippen molar-refractivity contribution in [2.45, 2.75) is 25.7 Å². The van der Waals surface area contributed by atoms with Crippen LogP contribution >= 0.6 is 0 Å². The molecule has 22 heavy (non-hydrogen) atoms. The highest BCUT2D eigenvalue weighted by Gasteiger charge is 2.12. The Morgan fingerprint density at radius 3 is 2.41 bits per heavy atom. The Bertz CT molecular complexity index is 665. The van der Waals surface area contributed by atoms with Gasteiger partial charge in [-0.15, -0.1) is 0 Å². The van der Waals surface area contributed by atoms with Gasteiger partial charge in [0.25, 0.3) is 0 Å². The van der Waals surface area contributed by atoms with Crippen LogP contribution in [-0.2, 0) is 17.6 Å². The van der Waals surface area contributed by atoms with E-state index < -0.39 is 0 Å². The van der Waals surface area contributed by atoms with Crippen molar-refractivity contribution in [3.05, 3.63) is 77.4 Å². The maximum Gasteiger partial charge on any atom is 0.220 e. The predicted octanol–water partition coefficient (Wildman–Crippen LogP) is 3.77. The number of benzene rings is 2. The van der Waals surface area contributed by atoms with Crippen LogP contribution in [0.1, 0.15) is 29.5 Å². The van der Waals surface area contributed by atoms with Crippen molar-refractivity contribution < 1.29 is 4.79 Å². The smallest absolute Gasteiger partial charge is 0.220 e. The normalized spacial score (nSPS) is 15.5. The Hall–Kier alpha value is -2.35. The van der Waals surface area contributed by atoms with E-state index in [1.807, 2.05) is 0 Å². The molecule has 1 N–H and O–H groups in total. The number of nitrogens with one attached hydrogen (secondary N) is 1. The standard InChI is InChI=1S/C16H14.C4H7NO/c1-2-6-13(7-3-1)12-15-11-10-14-8-4-5-9-16(14)15;6-4-2-1-3-5-4/h1-9,11H,10,12H2;1-3H2,(H,5,6). The lowest BCUT2D eigenvalue weighted by molar-refractivity contribution is -0.119. The Balaban J connectivity index is 0.000000202. The first-order chi connectivity index (χ1) is 10.8. The molecule has 4 rings (SSSR count). The topological polar surface area (TPSA) is 29.1 Å². The highest BCUT2D eigenvalue weighted by atomic mass is 16.1. The van der Waals surface area contributed by atoms with Gasteiger partial charge >= 0.3 is 0 Å². The summed E-state index contributed by atoms with van der Waals surface area (Å²) in [6, 6.07) is 19.4. The van der Waals surface area contributed by atoms with Crippen molar-refractivity contribution in [3.63, 3.8) is 0 Å². The zero-order chi connectivity index (χ0) is 15.2. The van der Waals surface area contributed by atoms with Crippen LogP contribution in [0.5, 0.6) is 0 Å². The molecular formula is C20H21NO. The Morgan fingerprint density at radius 1 is 0.955 bits per heavy atom. The van der Waals surface area contributed by atoms with Crippen molar-refractivity contribution in [1.82, 2.24) is 5.32 Å². The van der Waals surface area contributed by atoms with Crippen LogP contribution < -0.4 is 5.32 Å². The number of fused-ring (bicyclic) bond motifs is 1. The van der Waals surface area contributed by atoms with E-state index in [4.69, 9.17) is 0 Å². The molecule has 0 radical (unpaired) electrons. The number of allylic oxidation sites excluding steroid dienone is 2. The highest BCUT2D eigenvalue weighted by molar-refractivity contribution is 5.77. The van der Waals surface area contributed by atoms with Gasteiger partial charge in [-0.05, 0) is 41.5 Å². The molecule has 0 bridgehead atoms. The van der Waals surface area contributed by atoms with Gasteiger partial charge in [0.15, 0.2) is 0 Å². The molecular weight excluding hydrogens is 270 g/mol. The van der Waals surface area contributed by atoms with Gasteiger partial charge in [-0.2, -0.15) is 0 Å². The van der Waals surface area contributed by atoms with E-state index in [9.17, 15) is 4.79 Å². The molecule has 0 unspecified atom stereocenters. The summed E-state index contributed by atoms with van der Waals surface area (Å²) in [5.74, 6) is 0.204. The molecule has 1 aliphatic heterocycles. The van der Waals surface area contributed by atoms with Crippen molar-refractivity contribution in [2.75, 3.05) is 6.54 Å². The van der Waals surface area contributed by atoms with Gasteiger partial charge in [-0.25, -0.2) is 0 Å². The van der Waals surface area contributed by atoms with Crippen molar-refractivity contribution in [1.29, 1.82) is 0 Å². The molecule has 0 aromatic heterocycles. The van der Waals surface area contributed by atoms with Crippen molar-refractivity contribution >= 4 is 11.5 Å². The van der Waals surface area contributed by atoms with E-state index in [0.717, 1.165) is 32.2 Å². The van der Waals surface area contributed by atoms with Crippen LogP contribution in [0.25, 0.3) is 5.57 Å². The molecule has 2 aliphatic rings. The van der Waals surface area contributed by atoms with Gasteiger partial charge < -0.3 is 5.32 Å². The minimum absolute atomic E-state index is 0.204. The first kappa shape index (κ1) is 14.6. The average molecular weight is 291 g/mol.